The van der Waals surface area contributed by atoms with Crippen molar-refractivity contribution in [3.8, 4) is 15.8 Å². The molecule has 2 aromatic heterocycles. The SMILES string of the molecule is CCCCN(CCCC)c1c(F)cc(C=Cc2ccc(-c3ccc(C=C(C#N)C(=O)O)s3)s2)cc1F. The first-order chi connectivity index (χ1) is 17.4. The molecule has 0 radical (unpaired) electrons. The van der Waals surface area contributed by atoms with Gasteiger partial charge in [-0.3, -0.25) is 0 Å². The highest BCUT2D eigenvalue weighted by Gasteiger charge is 2.17. The Hall–Kier alpha value is -3.28. The van der Waals surface area contributed by atoms with Gasteiger partial charge in [-0.1, -0.05) is 32.8 Å². The Morgan fingerprint density at radius 2 is 1.53 bits per heavy atom. The van der Waals surface area contributed by atoms with Gasteiger partial charge in [-0.05, 0) is 67.0 Å². The van der Waals surface area contributed by atoms with Crippen LogP contribution in [0.15, 0.2) is 42.0 Å². The van der Waals surface area contributed by atoms with Crippen molar-refractivity contribution in [1.29, 1.82) is 5.26 Å². The molecule has 0 unspecified atom stereocenters. The van der Waals surface area contributed by atoms with Crippen LogP contribution >= 0.6 is 22.7 Å². The predicted molar refractivity (Wildman–Crippen MR) is 146 cm³/mol. The van der Waals surface area contributed by atoms with Gasteiger partial charge in [0.05, 0.1) is 0 Å². The fraction of sp³-hybridized carbons (Fsp3) is 0.286. The number of aliphatic carboxylic acids is 1. The van der Waals surface area contributed by atoms with E-state index in [0.717, 1.165) is 40.3 Å². The Morgan fingerprint density at radius 1 is 0.972 bits per heavy atom. The summed E-state index contributed by atoms with van der Waals surface area (Å²) < 4.78 is 29.9. The van der Waals surface area contributed by atoms with Crippen molar-refractivity contribution in [2.45, 2.75) is 39.5 Å². The van der Waals surface area contributed by atoms with E-state index in [0.29, 0.717) is 23.5 Å². The maximum atomic E-state index is 15.0. The third-order valence-electron chi connectivity index (χ3n) is 5.49. The lowest BCUT2D eigenvalue weighted by Gasteiger charge is -2.25. The number of benzene rings is 1. The topological polar surface area (TPSA) is 64.3 Å². The normalized spacial score (nSPS) is 11.7. The number of hydrogen-bond acceptors (Lipinski definition) is 5. The summed E-state index contributed by atoms with van der Waals surface area (Å²) in [5.41, 5.74) is 0.191. The molecule has 0 aliphatic rings. The lowest BCUT2D eigenvalue weighted by molar-refractivity contribution is -0.132. The lowest BCUT2D eigenvalue weighted by Crippen LogP contribution is -2.27. The molecule has 188 valence electrons. The van der Waals surface area contributed by atoms with Crippen molar-refractivity contribution < 1.29 is 18.7 Å². The molecule has 0 bridgehead atoms. The van der Waals surface area contributed by atoms with Gasteiger partial charge in [0.15, 0.2) is 0 Å². The molecule has 4 nitrogen and oxygen atoms in total. The Morgan fingerprint density at radius 3 is 2.06 bits per heavy atom. The second-order valence-electron chi connectivity index (χ2n) is 8.24. The van der Waals surface area contributed by atoms with E-state index in [4.69, 9.17) is 10.4 Å². The van der Waals surface area contributed by atoms with E-state index in [1.165, 1.54) is 40.9 Å². The Balaban J connectivity index is 1.77. The molecule has 0 aliphatic carbocycles. The molecule has 0 amide bonds. The average molecular weight is 527 g/mol. The van der Waals surface area contributed by atoms with Crippen LogP contribution in [0, 0.1) is 23.0 Å². The number of nitrogens with zero attached hydrogens (tertiary/aromatic N) is 2. The van der Waals surface area contributed by atoms with Crippen LogP contribution in [-0.4, -0.2) is 24.2 Å². The molecule has 0 saturated heterocycles. The number of carboxylic acids is 1. The van der Waals surface area contributed by atoms with Crippen LogP contribution in [0.5, 0.6) is 0 Å². The highest BCUT2D eigenvalue weighted by atomic mass is 32.1. The fourth-order valence-electron chi connectivity index (χ4n) is 3.62. The second kappa shape index (κ2) is 13.1. The monoisotopic (exact) mass is 526 g/mol. The highest BCUT2D eigenvalue weighted by molar-refractivity contribution is 7.23. The maximum Gasteiger partial charge on any atom is 0.346 e. The van der Waals surface area contributed by atoms with Crippen LogP contribution in [0.2, 0.25) is 0 Å². The number of carbonyl (C=O) groups is 1. The molecule has 36 heavy (non-hydrogen) atoms. The Bertz CT molecular complexity index is 1270. The van der Waals surface area contributed by atoms with E-state index in [1.807, 2.05) is 29.2 Å². The molecule has 0 saturated carbocycles. The first-order valence-corrected chi connectivity index (χ1v) is 13.5. The van der Waals surface area contributed by atoms with Crippen LogP contribution in [0.25, 0.3) is 28.0 Å². The van der Waals surface area contributed by atoms with Gasteiger partial charge < -0.3 is 10.0 Å². The van der Waals surface area contributed by atoms with Gasteiger partial charge in [0.25, 0.3) is 0 Å². The van der Waals surface area contributed by atoms with Crippen molar-refractivity contribution >= 4 is 52.6 Å². The van der Waals surface area contributed by atoms with E-state index < -0.39 is 17.6 Å². The van der Waals surface area contributed by atoms with E-state index in [2.05, 4.69) is 13.8 Å². The number of rotatable bonds is 12. The van der Waals surface area contributed by atoms with Crippen LogP contribution in [0.1, 0.15) is 54.8 Å². The van der Waals surface area contributed by atoms with Gasteiger partial charge >= 0.3 is 5.97 Å². The molecule has 8 heteroatoms. The largest absolute Gasteiger partial charge is 0.477 e. The number of halogens is 2. The fourth-order valence-corrected chi connectivity index (χ4v) is 5.57. The van der Waals surface area contributed by atoms with E-state index >= 15 is 0 Å². The van der Waals surface area contributed by atoms with Gasteiger partial charge in [-0.15, -0.1) is 22.7 Å². The van der Waals surface area contributed by atoms with Gasteiger partial charge in [0.1, 0.15) is 29.0 Å². The zero-order valence-corrected chi connectivity index (χ0v) is 21.9. The number of nitriles is 1. The Labute approximate surface area is 218 Å². The Kier molecular flexibility index (Phi) is 9.97. The van der Waals surface area contributed by atoms with Crippen molar-refractivity contribution in [1.82, 2.24) is 0 Å². The van der Waals surface area contributed by atoms with Gasteiger partial charge in [0.2, 0.25) is 0 Å². The summed E-state index contributed by atoms with van der Waals surface area (Å²) in [6.07, 6.45) is 8.55. The van der Waals surface area contributed by atoms with Crippen LogP contribution in [0.3, 0.4) is 0 Å². The molecule has 2 heterocycles. The molecular weight excluding hydrogens is 498 g/mol. The molecule has 1 aromatic carbocycles. The van der Waals surface area contributed by atoms with E-state index in [9.17, 15) is 13.6 Å². The molecule has 0 atom stereocenters. The van der Waals surface area contributed by atoms with Crippen molar-refractivity contribution in [2.24, 2.45) is 0 Å². The molecule has 3 rings (SSSR count). The standard InChI is InChI=1S/C28H28F2N2O2S2/c1-3-5-13-32(14-6-4-2)27-23(29)15-19(16-24(27)30)7-8-21-9-11-25(35-21)26-12-10-22(36-26)17-20(18-31)28(33)34/h7-12,15-17H,3-6,13-14H2,1-2H3,(H,33,34). The van der Waals surface area contributed by atoms with Gasteiger partial charge in [-0.25, -0.2) is 13.6 Å². The number of thiophene rings is 2. The minimum absolute atomic E-state index is 0.0532. The second-order valence-corrected chi connectivity index (χ2v) is 10.5. The summed E-state index contributed by atoms with van der Waals surface area (Å²) in [5.74, 6) is -2.36. The molecule has 1 N–H and O–H groups in total. The van der Waals surface area contributed by atoms with Crippen molar-refractivity contribution in [3.63, 3.8) is 0 Å². The van der Waals surface area contributed by atoms with Crippen molar-refractivity contribution in [2.75, 3.05) is 18.0 Å². The minimum atomic E-state index is -1.26. The van der Waals surface area contributed by atoms with Crippen LogP contribution < -0.4 is 4.90 Å². The lowest BCUT2D eigenvalue weighted by atomic mass is 10.1. The summed E-state index contributed by atoms with van der Waals surface area (Å²) in [6.45, 7) is 5.39. The highest BCUT2D eigenvalue weighted by Crippen LogP contribution is 2.35. The zero-order valence-electron chi connectivity index (χ0n) is 20.3. The first kappa shape index (κ1) is 27.3. The molecule has 0 spiro atoms. The maximum absolute atomic E-state index is 15.0. The van der Waals surface area contributed by atoms with E-state index in [-0.39, 0.29) is 11.3 Å². The molecule has 0 aliphatic heterocycles. The average Bonchev–Trinajstić information content (AvgIpc) is 3.51. The summed E-state index contributed by atoms with van der Waals surface area (Å²) in [7, 11) is 0. The van der Waals surface area contributed by atoms with E-state index in [1.54, 1.807) is 18.2 Å². The number of anilines is 1. The number of hydrogen-bond donors (Lipinski definition) is 1. The number of unbranched alkanes of at least 4 members (excludes halogenated alkanes) is 2. The predicted octanol–water partition coefficient (Wildman–Crippen LogP) is 8.32. The van der Waals surface area contributed by atoms with Gasteiger partial charge in [0, 0.05) is 32.6 Å². The third-order valence-corrected chi connectivity index (χ3v) is 7.77. The van der Waals surface area contributed by atoms with Crippen LogP contribution in [0.4, 0.5) is 14.5 Å². The number of carboxylic acid groups (broad SMARTS) is 1. The smallest absolute Gasteiger partial charge is 0.346 e. The summed E-state index contributed by atoms with van der Waals surface area (Å²) in [5, 5.41) is 18.0. The molecule has 3 aromatic rings. The zero-order chi connectivity index (χ0) is 26.1. The van der Waals surface area contributed by atoms with Crippen LogP contribution in [-0.2, 0) is 4.79 Å². The molecule has 0 fully saturated rings. The summed E-state index contributed by atoms with van der Waals surface area (Å²) >= 11 is 2.90. The van der Waals surface area contributed by atoms with Crippen molar-refractivity contribution in [3.05, 3.63) is 68.9 Å². The third kappa shape index (κ3) is 7.12. The van der Waals surface area contributed by atoms with Gasteiger partial charge in [-0.2, -0.15) is 5.26 Å². The summed E-state index contributed by atoms with van der Waals surface area (Å²) in [4.78, 5) is 16.4. The minimum Gasteiger partial charge on any atom is -0.477 e. The quantitative estimate of drug-likeness (QED) is 0.190. The first-order valence-electron chi connectivity index (χ1n) is 11.8. The molecular formula is C28H28F2N2O2S2. The summed E-state index contributed by atoms with van der Waals surface area (Å²) in [6, 6.07) is 11.9.